The Morgan fingerprint density at radius 3 is 2.67 bits per heavy atom. The van der Waals surface area contributed by atoms with Crippen molar-refractivity contribution in [2.75, 3.05) is 4.90 Å². The van der Waals surface area contributed by atoms with Crippen molar-refractivity contribution in [2.24, 2.45) is 11.8 Å². The van der Waals surface area contributed by atoms with Gasteiger partial charge in [-0.25, -0.2) is 4.90 Å². The molecule has 3 aliphatic rings. The molecule has 1 aromatic rings. The summed E-state index contributed by atoms with van der Waals surface area (Å²) >= 11 is 0. The van der Waals surface area contributed by atoms with Crippen LogP contribution in [0, 0.1) is 22.0 Å². The molecule has 0 aromatic heterocycles. The van der Waals surface area contributed by atoms with Crippen molar-refractivity contribution in [1.82, 2.24) is 0 Å². The number of esters is 1. The zero-order valence-electron chi connectivity index (χ0n) is 16.1. The highest BCUT2D eigenvalue weighted by molar-refractivity contribution is 6.23. The predicted octanol–water partition coefficient (Wildman–Crippen LogP) is 1.32. The molecule has 0 aliphatic carbocycles. The monoisotopic (exact) mass is 414 g/mol. The Bertz CT molecular complexity index is 1000. The first-order chi connectivity index (χ1) is 14.2. The summed E-state index contributed by atoms with van der Waals surface area (Å²) in [5, 5.41) is 11.1. The smallest absolute Gasteiger partial charge is 0.303 e. The number of non-ortho nitro benzene ring substituents is 1. The molecule has 30 heavy (non-hydrogen) atoms. The van der Waals surface area contributed by atoms with E-state index >= 15 is 0 Å². The molecule has 156 valence electrons. The zero-order valence-corrected chi connectivity index (χ0v) is 16.1. The van der Waals surface area contributed by atoms with Crippen molar-refractivity contribution >= 4 is 34.9 Å². The zero-order chi connectivity index (χ0) is 21.8. The minimum absolute atomic E-state index is 0.0822. The van der Waals surface area contributed by atoms with E-state index in [1.165, 1.54) is 32.0 Å². The number of ketones is 1. The lowest BCUT2D eigenvalue weighted by molar-refractivity contribution is -0.384. The molecule has 5 atom stereocenters. The fourth-order valence-corrected chi connectivity index (χ4v) is 4.56. The number of Topliss-reactive ketones (excluding diaryl/α,β-unsaturated/α-hetero) is 1. The Hall–Kier alpha value is -3.40. The highest BCUT2D eigenvalue weighted by Crippen LogP contribution is 2.55. The Balaban J connectivity index is 1.75. The summed E-state index contributed by atoms with van der Waals surface area (Å²) in [5.41, 5.74) is -1.63. The molecule has 0 saturated carbocycles. The Kier molecular flexibility index (Phi) is 4.53. The van der Waals surface area contributed by atoms with Crippen molar-refractivity contribution in [1.29, 1.82) is 0 Å². The molecule has 1 aromatic carbocycles. The number of carbonyl (C=O) groups excluding carboxylic acids is 4. The lowest BCUT2D eigenvalue weighted by atomic mass is 9.73. The molecule has 2 amide bonds. The van der Waals surface area contributed by atoms with Crippen LogP contribution in [0.4, 0.5) is 11.4 Å². The predicted molar refractivity (Wildman–Crippen MR) is 100 cm³/mol. The summed E-state index contributed by atoms with van der Waals surface area (Å²) in [6.07, 6.45) is 1.22. The number of hydrogen-bond donors (Lipinski definition) is 0. The molecule has 2 fully saturated rings. The number of ether oxygens (including phenoxy) is 2. The average Bonchev–Trinajstić information content (AvgIpc) is 3.32. The standard InChI is InChI=1S/C20H18N2O8/c1-10(23)8-15(29-11(2)24)20-7-6-14(30-20)16-17(20)19(26)21(18(16)25)12-4-3-5-13(9-12)22(27)28/h3-7,9,14-17H,8H2,1-2H3/t14-,15+,16-,17-,20-/m1/s1. The van der Waals surface area contributed by atoms with Crippen LogP contribution in [0.3, 0.4) is 0 Å². The van der Waals surface area contributed by atoms with Gasteiger partial charge < -0.3 is 9.47 Å². The second kappa shape index (κ2) is 6.84. The van der Waals surface area contributed by atoms with Gasteiger partial charge in [0, 0.05) is 25.5 Å². The largest absolute Gasteiger partial charge is 0.459 e. The first-order valence-electron chi connectivity index (χ1n) is 9.32. The number of amides is 2. The normalized spacial score (nSPS) is 29.8. The number of benzene rings is 1. The topological polar surface area (TPSA) is 133 Å². The molecule has 0 spiro atoms. The van der Waals surface area contributed by atoms with Gasteiger partial charge in [-0.15, -0.1) is 0 Å². The number of nitro benzene ring substituents is 1. The van der Waals surface area contributed by atoms with E-state index < -0.39 is 52.4 Å². The van der Waals surface area contributed by atoms with E-state index in [4.69, 9.17) is 9.47 Å². The van der Waals surface area contributed by atoms with Crippen LogP contribution in [-0.2, 0) is 28.7 Å². The summed E-state index contributed by atoms with van der Waals surface area (Å²) in [7, 11) is 0. The van der Waals surface area contributed by atoms with Crippen LogP contribution in [0.5, 0.6) is 0 Å². The van der Waals surface area contributed by atoms with Crippen LogP contribution >= 0.6 is 0 Å². The Morgan fingerprint density at radius 2 is 2.03 bits per heavy atom. The van der Waals surface area contributed by atoms with E-state index in [1.807, 2.05) is 0 Å². The number of imide groups is 1. The van der Waals surface area contributed by atoms with Gasteiger partial charge in [0.1, 0.15) is 17.5 Å². The van der Waals surface area contributed by atoms with Crippen molar-refractivity contribution in [3.05, 3.63) is 46.5 Å². The summed E-state index contributed by atoms with van der Waals surface area (Å²) in [6, 6.07) is 5.23. The van der Waals surface area contributed by atoms with Crippen molar-refractivity contribution in [3.63, 3.8) is 0 Å². The van der Waals surface area contributed by atoms with Gasteiger partial charge in [-0.3, -0.25) is 29.3 Å². The van der Waals surface area contributed by atoms with Gasteiger partial charge in [-0.2, -0.15) is 0 Å². The summed E-state index contributed by atoms with van der Waals surface area (Å²) in [6.45, 7) is 2.51. The van der Waals surface area contributed by atoms with Gasteiger partial charge in [-0.1, -0.05) is 12.1 Å². The molecule has 3 aliphatic heterocycles. The van der Waals surface area contributed by atoms with Gasteiger partial charge in [0.15, 0.2) is 0 Å². The highest BCUT2D eigenvalue weighted by Gasteiger charge is 2.70. The number of anilines is 1. The van der Waals surface area contributed by atoms with Gasteiger partial charge in [0.2, 0.25) is 11.8 Å². The van der Waals surface area contributed by atoms with Crippen LogP contribution < -0.4 is 4.90 Å². The van der Waals surface area contributed by atoms with Crippen LogP contribution in [0.2, 0.25) is 0 Å². The number of nitro groups is 1. The number of carbonyl (C=O) groups is 4. The fraction of sp³-hybridized carbons (Fsp3) is 0.400. The van der Waals surface area contributed by atoms with Gasteiger partial charge in [-0.05, 0) is 19.1 Å². The maximum Gasteiger partial charge on any atom is 0.303 e. The molecule has 10 nitrogen and oxygen atoms in total. The maximum absolute atomic E-state index is 13.3. The summed E-state index contributed by atoms with van der Waals surface area (Å²) < 4.78 is 11.3. The third-order valence-corrected chi connectivity index (χ3v) is 5.66. The molecular formula is C20H18N2O8. The molecule has 2 saturated heterocycles. The molecule has 3 heterocycles. The molecule has 10 heteroatoms. The molecule has 0 unspecified atom stereocenters. The van der Waals surface area contributed by atoms with E-state index in [-0.39, 0.29) is 23.6 Å². The Morgan fingerprint density at radius 1 is 1.30 bits per heavy atom. The number of nitrogens with zero attached hydrogens (tertiary/aromatic N) is 2. The summed E-state index contributed by atoms with van der Waals surface area (Å²) in [4.78, 5) is 61.3. The summed E-state index contributed by atoms with van der Waals surface area (Å²) in [5.74, 6) is -3.96. The second-order valence-electron chi connectivity index (χ2n) is 7.59. The van der Waals surface area contributed by atoms with E-state index in [9.17, 15) is 29.3 Å². The third kappa shape index (κ3) is 2.83. The molecule has 0 N–H and O–H groups in total. The fourth-order valence-electron chi connectivity index (χ4n) is 4.56. The van der Waals surface area contributed by atoms with Crippen molar-refractivity contribution in [3.8, 4) is 0 Å². The first-order valence-corrected chi connectivity index (χ1v) is 9.32. The molecule has 2 bridgehead atoms. The second-order valence-corrected chi connectivity index (χ2v) is 7.59. The SMILES string of the molecule is CC(=O)C[C@H](OC(C)=O)[C@@]12C=C[C@@H](O1)[C@H]1C(=O)N(c3cccc([N+](=O)[O-])c3)C(=O)[C@@H]12. The van der Waals surface area contributed by atoms with E-state index in [0.717, 1.165) is 11.0 Å². The highest BCUT2D eigenvalue weighted by atomic mass is 16.6. The third-order valence-electron chi connectivity index (χ3n) is 5.66. The molecular weight excluding hydrogens is 396 g/mol. The van der Waals surface area contributed by atoms with Crippen molar-refractivity contribution < 1.29 is 33.6 Å². The number of fused-ring (bicyclic) bond motifs is 5. The van der Waals surface area contributed by atoms with Crippen LogP contribution in [0.25, 0.3) is 0 Å². The van der Waals surface area contributed by atoms with Gasteiger partial charge in [0.05, 0.1) is 28.6 Å². The van der Waals surface area contributed by atoms with E-state index in [0.29, 0.717) is 0 Å². The quantitative estimate of drug-likeness (QED) is 0.224. The van der Waals surface area contributed by atoms with Crippen LogP contribution in [0.1, 0.15) is 20.3 Å². The van der Waals surface area contributed by atoms with Gasteiger partial charge in [0.25, 0.3) is 5.69 Å². The van der Waals surface area contributed by atoms with Crippen LogP contribution in [-0.4, -0.2) is 46.3 Å². The van der Waals surface area contributed by atoms with E-state index in [1.54, 1.807) is 12.2 Å². The minimum Gasteiger partial charge on any atom is -0.459 e. The van der Waals surface area contributed by atoms with E-state index in [2.05, 4.69) is 0 Å². The molecule has 0 radical (unpaired) electrons. The number of hydrogen-bond acceptors (Lipinski definition) is 8. The Labute approximate surface area is 170 Å². The molecule has 4 rings (SSSR count). The minimum atomic E-state index is -1.45. The lowest BCUT2D eigenvalue weighted by Crippen LogP contribution is -2.51. The van der Waals surface area contributed by atoms with Crippen molar-refractivity contribution in [2.45, 2.75) is 38.1 Å². The first kappa shape index (κ1) is 19.9. The average molecular weight is 414 g/mol. The van der Waals surface area contributed by atoms with Gasteiger partial charge >= 0.3 is 5.97 Å². The maximum atomic E-state index is 13.3. The number of rotatable bonds is 6. The lowest BCUT2D eigenvalue weighted by Gasteiger charge is -2.35. The van der Waals surface area contributed by atoms with Crippen LogP contribution in [0.15, 0.2) is 36.4 Å².